The van der Waals surface area contributed by atoms with E-state index < -0.39 is 64.1 Å². The van der Waals surface area contributed by atoms with Gasteiger partial charge in [-0.25, -0.2) is 23.1 Å². The molecule has 1 heterocycles. The quantitative estimate of drug-likeness (QED) is 0.275. The van der Waals surface area contributed by atoms with Crippen molar-refractivity contribution >= 4 is 40.9 Å². The lowest BCUT2D eigenvalue weighted by molar-refractivity contribution is -0.132. The van der Waals surface area contributed by atoms with Crippen molar-refractivity contribution in [1.82, 2.24) is 15.3 Å². The smallest absolute Gasteiger partial charge is 0.351 e. The molecule has 1 N–H and O–H groups in total. The van der Waals surface area contributed by atoms with Crippen molar-refractivity contribution in [2.75, 3.05) is 4.90 Å². The molecule has 14 heteroatoms. The molecule has 2 saturated carbocycles. The highest BCUT2D eigenvalue weighted by atomic mass is 35.5. The van der Waals surface area contributed by atoms with Gasteiger partial charge >= 0.3 is 5.51 Å². The number of rotatable bonds is 7. The molecule has 0 aliphatic heterocycles. The molecule has 1 aromatic carbocycles. The van der Waals surface area contributed by atoms with Gasteiger partial charge in [-0.15, -0.1) is 0 Å². The molecule has 0 spiro atoms. The summed E-state index contributed by atoms with van der Waals surface area (Å²) in [5, 5.41) is 2.73. The summed E-state index contributed by atoms with van der Waals surface area (Å²) in [6.07, 6.45) is 3.48. The van der Waals surface area contributed by atoms with E-state index in [1.54, 1.807) is 0 Å². The molecule has 5 atom stereocenters. The summed E-state index contributed by atoms with van der Waals surface area (Å²) >= 11 is 5.10. The lowest BCUT2D eigenvalue weighted by atomic mass is 9.87. The van der Waals surface area contributed by atoms with Crippen molar-refractivity contribution < 1.29 is 35.9 Å². The third kappa shape index (κ3) is 5.52. The van der Waals surface area contributed by atoms with Crippen molar-refractivity contribution in [2.24, 2.45) is 11.8 Å². The number of alkyl halides is 7. The molecular formula is C23H21ClF6N4O2S. The van der Waals surface area contributed by atoms with Gasteiger partial charge in [-0.05, 0) is 61.7 Å². The Kier molecular flexibility index (Phi) is 7.41. The Labute approximate surface area is 217 Å². The number of carbonyl (C=O) groups is 2. The predicted octanol–water partition coefficient (Wildman–Crippen LogP) is 5.42. The summed E-state index contributed by atoms with van der Waals surface area (Å²) in [4.78, 5) is 35.1. The third-order valence-corrected chi connectivity index (χ3v) is 7.82. The van der Waals surface area contributed by atoms with Gasteiger partial charge in [-0.2, -0.15) is 13.2 Å². The molecule has 2 amide bonds. The second-order valence-electron chi connectivity index (χ2n) is 9.19. The van der Waals surface area contributed by atoms with E-state index >= 15 is 0 Å². The first-order chi connectivity index (χ1) is 17.2. The second kappa shape index (κ2) is 9.97. The minimum Gasteiger partial charge on any atom is -0.351 e. The highest BCUT2D eigenvalue weighted by molar-refractivity contribution is 8.00. The maximum absolute atomic E-state index is 14.2. The largest absolute Gasteiger partial charge is 0.446 e. The van der Waals surface area contributed by atoms with Crippen molar-refractivity contribution in [3.8, 4) is 0 Å². The summed E-state index contributed by atoms with van der Waals surface area (Å²) in [7, 11) is 0. The van der Waals surface area contributed by atoms with Gasteiger partial charge in [0.25, 0.3) is 23.4 Å². The first-order valence-corrected chi connectivity index (χ1v) is 12.4. The zero-order chi connectivity index (χ0) is 27.2. The fourth-order valence-electron chi connectivity index (χ4n) is 5.11. The third-order valence-electron chi connectivity index (χ3n) is 6.89. The molecule has 0 radical (unpaired) electrons. The Hall–Kier alpha value is -2.54. The van der Waals surface area contributed by atoms with Gasteiger partial charge in [0, 0.05) is 46.9 Å². The topological polar surface area (TPSA) is 75.2 Å². The molecule has 200 valence electrons. The fourth-order valence-corrected chi connectivity index (χ4v) is 5.75. The van der Waals surface area contributed by atoms with Gasteiger partial charge in [0.15, 0.2) is 5.54 Å². The zero-order valence-electron chi connectivity index (χ0n) is 19.2. The van der Waals surface area contributed by atoms with E-state index in [2.05, 4.69) is 15.3 Å². The van der Waals surface area contributed by atoms with Crippen LogP contribution in [0.1, 0.15) is 31.7 Å². The number of thioether (sulfide) groups is 1. The van der Waals surface area contributed by atoms with Crippen LogP contribution in [0, 0.1) is 11.8 Å². The number of amides is 2. The fraction of sp³-hybridized carbons (Fsp3) is 0.478. The van der Waals surface area contributed by atoms with Crippen LogP contribution in [0.4, 0.5) is 32.0 Å². The summed E-state index contributed by atoms with van der Waals surface area (Å²) < 4.78 is 80.6. The van der Waals surface area contributed by atoms with Crippen LogP contribution >= 0.6 is 23.4 Å². The Morgan fingerprint density at radius 1 is 1.16 bits per heavy atom. The number of aromatic nitrogens is 2. The first-order valence-electron chi connectivity index (χ1n) is 11.1. The van der Waals surface area contributed by atoms with Crippen LogP contribution in [0.25, 0.3) is 0 Å². The standard InChI is InChI=1S/C23H21ClF6N4O2S/c1-21(14-9-31-11-32-10-14,20(36)33-17-7-13-6-12(17)8-22(13,26)27)34(19(35)18(24)25)15-2-4-16(5-3-15)37-23(28,29)30/h2-5,9-13,17-18H,6-8H2,1H3,(H,33,36)/t12?,13?,17-,18+,21-/m1/s1. The van der Waals surface area contributed by atoms with Gasteiger partial charge in [0.2, 0.25) is 0 Å². The summed E-state index contributed by atoms with van der Waals surface area (Å²) in [6, 6.07) is 3.76. The molecule has 2 fully saturated rings. The molecule has 1 aromatic heterocycles. The molecule has 4 rings (SSSR count). The normalized spacial score (nSPS) is 24.8. The number of hydrogen-bond acceptors (Lipinski definition) is 5. The van der Waals surface area contributed by atoms with E-state index in [1.807, 2.05) is 0 Å². The molecular weight excluding hydrogens is 546 g/mol. The molecule has 2 aliphatic rings. The average Bonchev–Trinajstić information content (AvgIpc) is 3.35. The number of benzene rings is 1. The van der Waals surface area contributed by atoms with Gasteiger partial charge < -0.3 is 5.32 Å². The van der Waals surface area contributed by atoms with Gasteiger partial charge in [-0.3, -0.25) is 14.5 Å². The Balaban J connectivity index is 1.73. The maximum Gasteiger partial charge on any atom is 0.446 e. The van der Waals surface area contributed by atoms with Crippen LogP contribution in [-0.4, -0.2) is 44.9 Å². The van der Waals surface area contributed by atoms with E-state index in [9.17, 15) is 35.9 Å². The van der Waals surface area contributed by atoms with Gasteiger partial charge in [0.1, 0.15) is 6.33 Å². The second-order valence-corrected chi connectivity index (χ2v) is 10.7. The van der Waals surface area contributed by atoms with Crippen LogP contribution in [0.3, 0.4) is 0 Å². The summed E-state index contributed by atoms with van der Waals surface area (Å²) in [5.74, 6) is -6.38. The monoisotopic (exact) mass is 566 g/mol. The SMILES string of the molecule is C[C@](C(=O)N[C@@H]1CC2CC1CC2(F)F)(c1cncnc1)N(C(=O)[C@H](F)Cl)c1ccc(SC(F)(F)F)cc1. The van der Waals surface area contributed by atoms with E-state index in [0.29, 0.717) is 0 Å². The molecule has 2 bridgehead atoms. The van der Waals surface area contributed by atoms with Crippen LogP contribution in [0.15, 0.2) is 47.9 Å². The zero-order valence-corrected chi connectivity index (χ0v) is 20.8. The summed E-state index contributed by atoms with van der Waals surface area (Å²) in [6.45, 7) is 1.28. The van der Waals surface area contributed by atoms with Crippen LogP contribution in [-0.2, 0) is 15.1 Å². The highest BCUT2D eigenvalue weighted by Crippen LogP contribution is 2.54. The molecule has 37 heavy (non-hydrogen) atoms. The Morgan fingerprint density at radius 2 is 1.78 bits per heavy atom. The van der Waals surface area contributed by atoms with E-state index in [-0.39, 0.29) is 35.4 Å². The number of anilines is 1. The number of fused-ring (bicyclic) bond motifs is 2. The number of hydrogen-bond donors (Lipinski definition) is 1. The van der Waals surface area contributed by atoms with Crippen molar-refractivity contribution in [3.05, 3.63) is 48.5 Å². The minimum atomic E-state index is -4.57. The van der Waals surface area contributed by atoms with Crippen LogP contribution in [0.5, 0.6) is 0 Å². The van der Waals surface area contributed by atoms with Gasteiger partial charge in [0.05, 0.1) is 0 Å². The van der Waals surface area contributed by atoms with Crippen LogP contribution in [0.2, 0.25) is 0 Å². The molecule has 2 unspecified atom stereocenters. The Morgan fingerprint density at radius 3 is 2.27 bits per heavy atom. The summed E-state index contributed by atoms with van der Waals surface area (Å²) in [5.41, 5.74) is -9.30. The van der Waals surface area contributed by atoms with Crippen molar-refractivity contribution in [1.29, 1.82) is 0 Å². The van der Waals surface area contributed by atoms with Gasteiger partial charge in [-0.1, -0.05) is 11.6 Å². The number of halogens is 7. The Bertz CT molecular complexity index is 1150. The number of nitrogens with zero attached hydrogens (tertiary/aromatic N) is 3. The molecule has 6 nitrogen and oxygen atoms in total. The molecule has 2 aromatic rings. The average molecular weight is 567 g/mol. The van der Waals surface area contributed by atoms with E-state index in [0.717, 1.165) is 35.5 Å². The van der Waals surface area contributed by atoms with Crippen molar-refractivity contribution in [3.63, 3.8) is 0 Å². The highest BCUT2D eigenvalue weighted by Gasteiger charge is 2.58. The van der Waals surface area contributed by atoms with Crippen molar-refractivity contribution in [2.45, 2.75) is 59.7 Å². The molecule has 2 aliphatic carbocycles. The minimum absolute atomic E-state index is 0.0311. The molecule has 0 saturated heterocycles. The lowest BCUT2D eigenvalue weighted by Gasteiger charge is -2.41. The first kappa shape index (κ1) is 27.5. The lowest BCUT2D eigenvalue weighted by Crippen LogP contribution is -2.60. The van der Waals surface area contributed by atoms with E-state index in [1.165, 1.54) is 19.3 Å². The number of nitrogens with one attached hydrogen (secondary N) is 1. The van der Waals surface area contributed by atoms with E-state index in [4.69, 9.17) is 11.6 Å². The predicted molar refractivity (Wildman–Crippen MR) is 124 cm³/mol. The number of carbonyl (C=O) groups excluding carboxylic acids is 2. The van der Waals surface area contributed by atoms with Crippen LogP contribution < -0.4 is 10.2 Å². The maximum atomic E-state index is 14.2.